The van der Waals surface area contributed by atoms with Crippen LogP contribution in [0.3, 0.4) is 0 Å². The minimum atomic E-state index is -0.481. The minimum absolute atomic E-state index is 0.00364. The number of piperidine rings is 1. The maximum absolute atomic E-state index is 13.2. The van der Waals surface area contributed by atoms with Crippen LogP contribution < -0.4 is 0 Å². The molecule has 6 nitrogen and oxygen atoms in total. The van der Waals surface area contributed by atoms with Gasteiger partial charge in [-0.25, -0.2) is 4.39 Å². The van der Waals surface area contributed by atoms with Crippen LogP contribution in [-0.2, 0) is 25.5 Å². The molecule has 1 atom stereocenters. The molecule has 0 bridgehead atoms. The first-order valence-electron chi connectivity index (χ1n) is 8.24. The number of halogens is 1. The summed E-state index contributed by atoms with van der Waals surface area (Å²) in [5.74, 6) is -1.30. The first kappa shape index (κ1) is 18.9. The van der Waals surface area contributed by atoms with Crippen molar-refractivity contribution >= 4 is 17.8 Å². The number of hydrogen-bond acceptors (Lipinski definition) is 4. The van der Waals surface area contributed by atoms with Crippen LogP contribution in [0.5, 0.6) is 0 Å². The lowest BCUT2D eigenvalue weighted by molar-refractivity contribution is -0.149. The molecule has 0 saturated carbocycles. The fourth-order valence-corrected chi connectivity index (χ4v) is 2.94. The number of carbonyl (C=O) groups excluding carboxylic acids is 3. The fourth-order valence-electron chi connectivity index (χ4n) is 2.94. The van der Waals surface area contributed by atoms with Gasteiger partial charge in [0.1, 0.15) is 12.4 Å². The summed E-state index contributed by atoms with van der Waals surface area (Å²) in [6.07, 6.45) is 1.30. The Morgan fingerprint density at radius 1 is 1.40 bits per heavy atom. The van der Waals surface area contributed by atoms with E-state index < -0.39 is 5.97 Å². The molecule has 1 heterocycles. The number of benzene rings is 1. The van der Waals surface area contributed by atoms with Crippen molar-refractivity contribution in [2.75, 3.05) is 33.8 Å². The summed E-state index contributed by atoms with van der Waals surface area (Å²) < 4.78 is 17.8. The van der Waals surface area contributed by atoms with E-state index in [1.54, 1.807) is 18.0 Å². The number of esters is 1. The van der Waals surface area contributed by atoms with Gasteiger partial charge in [-0.05, 0) is 30.5 Å². The number of methoxy groups -OCH3 is 1. The number of ether oxygens (including phenoxy) is 1. The van der Waals surface area contributed by atoms with Crippen molar-refractivity contribution in [2.24, 2.45) is 5.92 Å². The highest BCUT2D eigenvalue weighted by molar-refractivity contribution is 5.86. The number of amides is 2. The maximum atomic E-state index is 13.2. The molecule has 0 spiro atoms. The Morgan fingerprint density at radius 2 is 2.16 bits per heavy atom. The molecule has 0 radical (unpaired) electrons. The second-order valence-corrected chi connectivity index (χ2v) is 6.23. The molecule has 136 valence electrons. The molecule has 0 aliphatic carbocycles. The lowest BCUT2D eigenvalue weighted by Gasteiger charge is -2.33. The molecule has 1 fully saturated rings. The lowest BCUT2D eigenvalue weighted by Crippen LogP contribution is -2.47. The number of hydrogen-bond donors (Lipinski definition) is 0. The van der Waals surface area contributed by atoms with Crippen molar-refractivity contribution < 1.29 is 23.5 Å². The molecule has 2 rings (SSSR count). The van der Waals surface area contributed by atoms with E-state index in [9.17, 15) is 18.8 Å². The summed E-state index contributed by atoms with van der Waals surface area (Å²) in [6, 6.07) is 6.27. The Labute approximate surface area is 146 Å². The SMILES string of the molecule is COC(=O)CN(C)C(=O)[C@H]1CCC(=O)N(CCc2cccc(F)c2)C1. The molecule has 25 heavy (non-hydrogen) atoms. The predicted octanol–water partition coefficient (Wildman–Crippen LogP) is 1.24. The van der Waals surface area contributed by atoms with E-state index in [2.05, 4.69) is 4.74 Å². The van der Waals surface area contributed by atoms with Gasteiger partial charge in [-0.15, -0.1) is 0 Å². The van der Waals surface area contributed by atoms with Crippen molar-refractivity contribution in [2.45, 2.75) is 19.3 Å². The van der Waals surface area contributed by atoms with E-state index in [0.29, 0.717) is 32.4 Å². The normalized spacial score (nSPS) is 17.3. The Morgan fingerprint density at radius 3 is 2.84 bits per heavy atom. The van der Waals surface area contributed by atoms with Crippen molar-refractivity contribution in [3.8, 4) is 0 Å². The van der Waals surface area contributed by atoms with Gasteiger partial charge in [0.15, 0.2) is 0 Å². The van der Waals surface area contributed by atoms with Gasteiger partial charge in [0.25, 0.3) is 0 Å². The molecular formula is C18H23FN2O4. The summed E-state index contributed by atoms with van der Waals surface area (Å²) >= 11 is 0. The van der Waals surface area contributed by atoms with E-state index in [1.165, 1.54) is 24.1 Å². The van der Waals surface area contributed by atoms with Crippen molar-refractivity contribution in [1.82, 2.24) is 9.80 Å². The standard InChI is InChI=1S/C18H23FN2O4/c1-20(12-17(23)25-2)18(24)14-6-7-16(22)21(11-14)9-8-13-4-3-5-15(19)10-13/h3-5,10,14H,6-9,11-12H2,1-2H3/t14-/m0/s1. The second kappa shape index (κ2) is 8.60. The summed E-state index contributed by atoms with van der Waals surface area (Å²) in [6.45, 7) is 0.647. The average Bonchev–Trinajstić information content (AvgIpc) is 2.60. The topological polar surface area (TPSA) is 66.9 Å². The second-order valence-electron chi connectivity index (χ2n) is 6.23. The molecule has 0 unspecified atom stereocenters. The van der Waals surface area contributed by atoms with Crippen molar-refractivity contribution in [3.63, 3.8) is 0 Å². The Kier molecular flexibility index (Phi) is 6.50. The Bertz CT molecular complexity index is 650. The highest BCUT2D eigenvalue weighted by atomic mass is 19.1. The zero-order valence-corrected chi connectivity index (χ0v) is 14.5. The van der Waals surface area contributed by atoms with Gasteiger partial charge in [-0.2, -0.15) is 0 Å². The molecule has 1 saturated heterocycles. The third-order valence-electron chi connectivity index (χ3n) is 4.38. The molecule has 0 aromatic heterocycles. The van der Waals surface area contributed by atoms with Gasteiger partial charge in [0.2, 0.25) is 11.8 Å². The van der Waals surface area contributed by atoms with Crippen molar-refractivity contribution in [3.05, 3.63) is 35.6 Å². The van der Waals surface area contributed by atoms with E-state index in [0.717, 1.165) is 5.56 Å². The third-order valence-corrected chi connectivity index (χ3v) is 4.38. The van der Waals surface area contributed by atoms with Gasteiger partial charge in [-0.1, -0.05) is 12.1 Å². The maximum Gasteiger partial charge on any atom is 0.325 e. The highest BCUT2D eigenvalue weighted by Crippen LogP contribution is 2.20. The quantitative estimate of drug-likeness (QED) is 0.724. The summed E-state index contributed by atoms with van der Waals surface area (Å²) in [4.78, 5) is 38.8. The van der Waals surface area contributed by atoms with Crippen LogP contribution in [0.4, 0.5) is 4.39 Å². The smallest absolute Gasteiger partial charge is 0.325 e. The van der Waals surface area contributed by atoms with Crippen LogP contribution in [0.2, 0.25) is 0 Å². The zero-order chi connectivity index (χ0) is 18.4. The molecule has 1 aliphatic heterocycles. The summed E-state index contributed by atoms with van der Waals surface area (Å²) in [5, 5.41) is 0. The lowest BCUT2D eigenvalue weighted by atomic mass is 9.95. The van der Waals surface area contributed by atoms with E-state index in [-0.39, 0.29) is 30.1 Å². The van der Waals surface area contributed by atoms with Crippen LogP contribution in [0.25, 0.3) is 0 Å². The minimum Gasteiger partial charge on any atom is -0.468 e. The van der Waals surface area contributed by atoms with E-state index in [1.807, 2.05) is 6.07 Å². The van der Waals surface area contributed by atoms with E-state index in [4.69, 9.17) is 0 Å². The molecule has 7 heteroatoms. The zero-order valence-electron chi connectivity index (χ0n) is 14.5. The van der Waals surface area contributed by atoms with Crippen LogP contribution in [0, 0.1) is 11.7 Å². The largest absolute Gasteiger partial charge is 0.468 e. The number of carbonyl (C=O) groups is 3. The predicted molar refractivity (Wildman–Crippen MR) is 89.1 cm³/mol. The van der Waals surface area contributed by atoms with Crippen molar-refractivity contribution in [1.29, 1.82) is 0 Å². The first-order valence-corrected chi connectivity index (χ1v) is 8.24. The van der Waals surface area contributed by atoms with Gasteiger partial charge in [0.05, 0.1) is 13.0 Å². The first-order chi connectivity index (χ1) is 11.9. The number of nitrogens with zero attached hydrogens (tertiary/aromatic N) is 2. The molecule has 1 aromatic carbocycles. The number of rotatable bonds is 6. The van der Waals surface area contributed by atoms with Gasteiger partial charge in [0, 0.05) is 26.6 Å². The average molecular weight is 350 g/mol. The summed E-state index contributed by atoms with van der Waals surface area (Å²) in [7, 11) is 2.82. The van der Waals surface area contributed by atoms with Crippen LogP contribution >= 0.6 is 0 Å². The molecule has 0 N–H and O–H groups in total. The van der Waals surface area contributed by atoms with Gasteiger partial charge in [-0.3, -0.25) is 14.4 Å². The number of likely N-dealkylation sites (tertiary alicyclic amines) is 1. The molecule has 1 aromatic rings. The molecule has 2 amide bonds. The van der Waals surface area contributed by atoms with Crippen LogP contribution in [0.1, 0.15) is 18.4 Å². The Balaban J connectivity index is 1.92. The molecule has 1 aliphatic rings. The Hall–Kier alpha value is -2.44. The monoisotopic (exact) mass is 350 g/mol. The number of likely N-dealkylation sites (N-methyl/N-ethyl adjacent to an activating group) is 1. The fraction of sp³-hybridized carbons (Fsp3) is 0.500. The van der Waals surface area contributed by atoms with Crippen LogP contribution in [0.15, 0.2) is 24.3 Å². The van der Waals surface area contributed by atoms with Crippen LogP contribution in [-0.4, -0.2) is 61.4 Å². The van der Waals surface area contributed by atoms with E-state index >= 15 is 0 Å². The van der Waals surface area contributed by atoms with Gasteiger partial charge < -0.3 is 14.5 Å². The van der Waals surface area contributed by atoms with Gasteiger partial charge >= 0.3 is 5.97 Å². The summed E-state index contributed by atoms with van der Waals surface area (Å²) in [5.41, 5.74) is 0.809. The molecular weight excluding hydrogens is 327 g/mol. The third kappa shape index (κ3) is 5.27. The highest BCUT2D eigenvalue weighted by Gasteiger charge is 2.32.